The average Bonchev–Trinajstić information content (AvgIpc) is 3.07. The maximum absolute atomic E-state index is 5.84. The zero-order valence-corrected chi connectivity index (χ0v) is 16.6. The lowest BCUT2D eigenvalue weighted by Crippen LogP contribution is -2.39. The average molecular weight is 442 g/mol. The lowest BCUT2D eigenvalue weighted by molar-refractivity contribution is 0.230. The van der Waals surface area contributed by atoms with Crippen molar-refractivity contribution in [2.75, 3.05) is 19.6 Å². The number of hydrogen-bond acceptors (Lipinski definition) is 2. The number of rotatable bonds is 8. The van der Waals surface area contributed by atoms with Gasteiger partial charge in [0, 0.05) is 32.0 Å². The zero-order valence-electron chi connectivity index (χ0n) is 14.3. The minimum atomic E-state index is 0. The molecule has 1 aromatic heterocycles. The Morgan fingerprint density at radius 1 is 1.12 bits per heavy atom. The van der Waals surface area contributed by atoms with Crippen molar-refractivity contribution in [2.45, 2.75) is 26.5 Å². The molecule has 0 bridgehead atoms. The van der Waals surface area contributed by atoms with Crippen LogP contribution in [0.3, 0.4) is 0 Å². The van der Waals surface area contributed by atoms with E-state index in [-0.39, 0.29) is 30.1 Å². The van der Waals surface area contributed by atoms with Gasteiger partial charge < -0.3 is 19.9 Å². The molecule has 132 valence electrons. The first-order valence-electron chi connectivity index (χ1n) is 8.12. The fourth-order valence-electron chi connectivity index (χ4n) is 2.15. The highest BCUT2D eigenvalue weighted by Gasteiger charge is 2.04. The molecule has 0 fully saturated rings. The zero-order chi connectivity index (χ0) is 16.3. The first-order valence-corrected chi connectivity index (χ1v) is 8.12. The minimum Gasteiger partial charge on any atom is -0.489 e. The van der Waals surface area contributed by atoms with Crippen molar-refractivity contribution in [1.29, 1.82) is 0 Å². The molecule has 1 aromatic carbocycles. The molecule has 1 unspecified atom stereocenters. The van der Waals surface area contributed by atoms with Crippen LogP contribution >= 0.6 is 24.0 Å². The van der Waals surface area contributed by atoms with E-state index in [0.29, 0.717) is 6.54 Å². The van der Waals surface area contributed by atoms with E-state index in [4.69, 9.17) is 4.74 Å². The molecule has 0 saturated heterocycles. The highest BCUT2D eigenvalue weighted by Crippen LogP contribution is 2.10. The van der Waals surface area contributed by atoms with Gasteiger partial charge in [0.15, 0.2) is 5.96 Å². The van der Waals surface area contributed by atoms with Crippen molar-refractivity contribution in [3.63, 3.8) is 0 Å². The molecule has 24 heavy (non-hydrogen) atoms. The largest absolute Gasteiger partial charge is 0.489 e. The van der Waals surface area contributed by atoms with Gasteiger partial charge in [0.1, 0.15) is 11.9 Å². The maximum atomic E-state index is 5.84. The normalized spacial score (nSPS) is 12.2. The van der Waals surface area contributed by atoms with E-state index in [1.807, 2.05) is 49.4 Å². The summed E-state index contributed by atoms with van der Waals surface area (Å²) in [6.07, 6.45) is 4.14. The van der Waals surface area contributed by atoms with Crippen molar-refractivity contribution >= 4 is 29.9 Å². The van der Waals surface area contributed by atoms with Crippen LogP contribution in [0.15, 0.2) is 59.9 Å². The van der Waals surface area contributed by atoms with Crippen molar-refractivity contribution in [3.05, 3.63) is 54.9 Å². The summed E-state index contributed by atoms with van der Waals surface area (Å²) in [4.78, 5) is 4.59. The van der Waals surface area contributed by atoms with Gasteiger partial charge in [-0.15, -0.1) is 24.0 Å². The third-order valence-electron chi connectivity index (χ3n) is 3.26. The molecule has 0 aliphatic rings. The number of aromatic nitrogens is 1. The smallest absolute Gasteiger partial charge is 0.191 e. The Morgan fingerprint density at radius 3 is 2.50 bits per heavy atom. The molecule has 2 N–H and O–H groups in total. The van der Waals surface area contributed by atoms with Gasteiger partial charge in [0.25, 0.3) is 0 Å². The van der Waals surface area contributed by atoms with Crippen molar-refractivity contribution < 1.29 is 4.74 Å². The monoisotopic (exact) mass is 442 g/mol. The van der Waals surface area contributed by atoms with Crippen LogP contribution in [0.1, 0.15) is 13.8 Å². The topological polar surface area (TPSA) is 50.6 Å². The number of ether oxygens (including phenoxy) is 1. The molecule has 0 saturated carbocycles. The van der Waals surface area contributed by atoms with Crippen molar-refractivity contribution in [2.24, 2.45) is 4.99 Å². The third kappa shape index (κ3) is 7.72. The lowest BCUT2D eigenvalue weighted by Gasteiger charge is -2.15. The fourth-order valence-corrected chi connectivity index (χ4v) is 2.15. The van der Waals surface area contributed by atoms with E-state index >= 15 is 0 Å². The van der Waals surface area contributed by atoms with E-state index in [9.17, 15) is 0 Å². The van der Waals surface area contributed by atoms with Crippen LogP contribution in [-0.2, 0) is 6.54 Å². The maximum Gasteiger partial charge on any atom is 0.191 e. The molecule has 1 atom stereocenters. The number of hydrogen-bond donors (Lipinski definition) is 2. The predicted molar refractivity (Wildman–Crippen MR) is 110 cm³/mol. The summed E-state index contributed by atoms with van der Waals surface area (Å²) in [5, 5.41) is 6.60. The summed E-state index contributed by atoms with van der Waals surface area (Å²) in [5.74, 6) is 1.70. The van der Waals surface area contributed by atoms with E-state index < -0.39 is 0 Å². The quantitative estimate of drug-likeness (QED) is 0.375. The molecule has 1 heterocycles. The highest BCUT2D eigenvalue weighted by molar-refractivity contribution is 14.0. The van der Waals surface area contributed by atoms with E-state index in [0.717, 1.165) is 31.3 Å². The van der Waals surface area contributed by atoms with Crippen LogP contribution < -0.4 is 15.4 Å². The number of halogens is 1. The summed E-state index contributed by atoms with van der Waals surface area (Å²) >= 11 is 0. The molecule has 6 heteroatoms. The summed E-state index contributed by atoms with van der Waals surface area (Å²) < 4.78 is 7.98. The number of para-hydroxylation sites is 1. The van der Waals surface area contributed by atoms with Gasteiger partial charge in [-0.25, -0.2) is 4.99 Å². The standard InChI is InChI=1S/C18H26N4O.HI/c1-3-19-18(20-11-14-22-12-7-8-13-22)21-15-16(2)23-17-9-5-4-6-10-17;/h4-10,12-13,16H,3,11,14-15H2,1-2H3,(H2,19,20,21);1H. The van der Waals surface area contributed by atoms with Crippen LogP contribution in [-0.4, -0.2) is 36.3 Å². The Kier molecular flexibility index (Phi) is 9.98. The molecule has 0 radical (unpaired) electrons. The minimum absolute atomic E-state index is 0. The third-order valence-corrected chi connectivity index (χ3v) is 3.26. The summed E-state index contributed by atoms with van der Waals surface area (Å²) in [6, 6.07) is 13.9. The first-order chi connectivity index (χ1) is 11.3. The van der Waals surface area contributed by atoms with E-state index in [1.54, 1.807) is 0 Å². The molecular weight excluding hydrogens is 415 g/mol. The molecule has 0 aliphatic heterocycles. The molecule has 2 rings (SSSR count). The number of nitrogens with zero attached hydrogens (tertiary/aromatic N) is 2. The summed E-state index contributed by atoms with van der Waals surface area (Å²) in [6.45, 7) is 7.27. The van der Waals surface area contributed by atoms with Crippen LogP contribution in [0.4, 0.5) is 0 Å². The van der Waals surface area contributed by atoms with Gasteiger partial charge in [-0.1, -0.05) is 18.2 Å². The second-order valence-corrected chi connectivity index (χ2v) is 5.31. The Balaban J connectivity index is 0.00000288. The number of nitrogens with one attached hydrogen (secondary N) is 2. The van der Waals surface area contributed by atoms with Gasteiger partial charge in [0.05, 0.1) is 6.54 Å². The van der Waals surface area contributed by atoms with E-state index in [1.165, 1.54) is 0 Å². The van der Waals surface area contributed by atoms with Gasteiger partial charge in [0.2, 0.25) is 0 Å². The number of benzene rings is 1. The molecule has 5 nitrogen and oxygen atoms in total. The Bertz CT molecular complexity index is 572. The first kappa shape index (κ1) is 20.3. The lowest BCUT2D eigenvalue weighted by atomic mass is 10.3. The summed E-state index contributed by atoms with van der Waals surface area (Å²) in [7, 11) is 0. The second kappa shape index (κ2) is 11.8. The predicted octanol–water partition coefficient (Wildman–Crippen LogP) is 3.13. The van der Waals surface area contributed by atoms with Crippen molar-refractivity contribution in [3.8, 4) is 5.75 Å². The summed E-state index contributed by atoms with van der Waals surface area (Å²) in [5.41, 5.74) is 0. The molecule has 2 aromatic rings. The molecular formula is C18H27IN4O. The van der Waals surface area contributed by atoms with Gasteiger partial charge >= 0.3 is 0 Å². The Morgan fingerprint density at radius 2 is 1.83 bits per heavy atom. The Hall–Kier alpha value is -1.70. The fraction of sp³-hybridized carbons (Fsp3) is 0.389. The van der Waals surface area contributed by atoms with Crippen molar-refractivity contribution in [1.82, 2.24) is 15.2 Å². The van der Waals surface area contributed by atoms with Crippen LogP contribution in [0.25, 0.3) is 0 Å². The number of aliphatic imine (C=N–C) groups is 1. The SMILES string of the molecule is CCNC(=NCC(C)Oc1ccccc1)NCCn1cccc1.I. The van der Waals surface area contributed by atoms with Gasteiger partial charge in [-0.3, -0.25) is 0 Å². The molecule has 0 spiro atoms. The van der Waals surface area contributed by atoms with Crippen LogP contribution in [0.2, 0.25) is 0 Å². The van der Waals surface area contributed by atoms with Crippen LogP contribution in [0.5, 0.6) is 5.75 Å². The number of guanidine groups is 1. The highest BCUT2D eigenvalue weighted by atomic mass is 127. The second-order valence-electron chi connectivity index (χ2n) is 5.31. The molecule has 0 aliphatic carbocycles. The van der Waals surface area contributed by atoms with Gasteiger partial charge in [-0.05, 0) is 38.1 Å². The van der Waals surface area contributed by atoms with E-state index in [2.05, 4.69) is 39.5 Å². The van der Waals surface area contributed by atoms with Gasteiger partial charge in [-0.2, -0.15) is 0 Å². The Labute approximate surface area is 161 Å². The molecule has 0 amide bonds. The van der Waals surface area contributed by atoms with Crippen LogP contribution in [0, 0.1) is 0 Å².